The van der Waals surface area contributed by atoms with Crippen molar-refractivity contribution in [2.45, 2.75) is 10.6 Å². The lowest BCUT2D eigenvalue weighted by molar-refractivity contribution is 0.0413. The van der Waals surface area contributed by atoms with Crippen LogP contribution < -0.4 is 4.74 Å². The maximum Gasteiger partial charge on any atom is 0.374 e. The number of carbonyl (C=O) groups is 1. The molecule has 6 nitrogen and oxygen atoms in total. The Labute approximate surface area is 157 Å². The number of sulfone groups is 1. The summed E-state index contributed by atoms with van der Waals surface area (Å²) in [5.74, 6) is -0.198. The van der Waals surface area contributed by atoms with E-state index in [0.717, 1.165) is 0 Å². The molecular weight excluding hydrogens is 368 g/mol. The third-order valence-corrected chi connectivity index (χ3v) is 5.28. The van der Waals surface area contributed by atoms with E-state index in [1.807, 2.05) is 18.2 Å². The molecule has 0 amide bonds. The molecule has 140 valence electrons. The molecule has 0 unspecified atom stereocenters. The van der Waals surface area contributed by atoms with Gasteiger partial charge in [0.15, 0.2) is 9.84 Å². The standard InChI is InChI=1S/C20H18O6S/c21-20(25-14-13-24-16-7-3-1-4-8-16)19-12-11-17(26-19)15-27(22,23)18-9-5-2-6-10-18/h1-12H,13-15H2. The van der Waals surface area contributed by atoms with Crippen LogP contribution in [0.5, 0.6) is 5.75 Å². The van der Waals surface area contributed by atoms with Crippen LogP contribution in [-0.2, 0) is 20.3 Å². The molecule has 0 bridgehead atoms. The fourth-order valence-electron chi connectivity index (χ4n) is 2.35. The topological polar surface area (TPSA) is 82.8 Å². The van der Waals surface area contributed by atoms with E-state index < -0.39 is 15.8 Å². The van der Waals surface area contributed by atoms with Crippen LogP contribution >= 0.6 is 0 Å². The highest BCUT2D eigenvalue weighted by molar-refractivity contribution is 7.90. The summed E-state index contributed by atoms with van der Waals surface area (Å²) in [4.78, 5) is 12.2. The zero-order valence-corrected chi connectivity index (χ0v) is 15.2. The van der Waals surface area contributed by atoms with Crippen molar-refractivity contribution >= 4 is 15.8 Å². The quantitative estimate of drug-likeness (QED) is 0.435. The molecule has 0 saturated heterocycles. The van der Waals surface area contributed by atoms with Gasteiger partial charge in [-0.2, -0.15) is 0 Å². The number of benzene rings is 2. The predicted molar refractivity (Wildman–Crippen MR) is 98.3 cm³/mol. The molecule has 0 N–H and O–H groups in total. The van der Waals surface area contributed by atoms with Crippen LogP contribution in [0.3, 0.4) is 0 Å². The minimum absolute atomic E-state index is 0.0477. The Bertz CT molecular complexity index is 978. The van der Waals surface area contributed by atoms with Gasteiger partial charge in [-0.05, 0) is 36.4 Å². The maximum atomic E-state index is 12.3. The summed E-state index contributed by atoms with van der Waals surface area (Å²) in [6.07, 6.45) is 0. The van der Waals surface area contributed by atoms with Crippen molar-refractivity contribution in [3.63, 3.8) is 0 Å². The molecule has 1 aromatic heterocycles. The van der Waals surface area contributed by atoms with Crippen molar-refractivity contribution in [1.82, 2.24) is 0 Å². The first-order chi connectivity index (χ1) is 13.0. The van der Waals surface area contributed by atoms with Crippen LogP contribution in [0.15, 0.2) is 82.1 Å². The summed E-state index contributed by atoms with van der Waals surface area (Å²) in [5.41, 5.74) is 0. The molecule has 7 heteroatoms. The number of para-hydroxylation sites is 1. The first kappa shape index (κ1) is 18.7. The van der Waals surface area contributed by atoms with E-state index in [0.29, 0.717) is 5.75 Å². The zero-order chi connectivity index (χ0) is 19.1. The molecule has 0 saturated carbocycles. The molecule has 2 aromatic carbocycles. The molecule has 3 aromatic rings. The number of hydrogen-bond acceptors (Lipinski definition) is 6. The number of esters is 1. The molecule has 0 spiro atoms. The van der Waals surface area contributed by atoms with Gasteiger partial charge in [-0.3, -0.25) is 0 Å². The molecule has 0 atom stereocenters. The second-order valence-electron chi connectivity index (χ2n) is 5.64. The van der Waals surface area contributed by atoms with Gasteiger partial charge in [0.25, 0.3) is 0 Å². The number of carbonyl (C=O) groups excluding carboxylic acids is 1. The normalized spacial score (nSPS) is 11.1. The van der Waals surface area contributed by atoms with E-state index in [1.54, 1.807) is 30.3 Å². The molecule has 3 rings (SSSR count). The average Bonchev–Trinajstić information content (AvgIpc) is 3.14. The van der Waals surface area contributed by atoms with Crippen molar-refractivity contribution in [1.29, 1.82) is 0 Å². The van der Waals surface area contributed by atoms with Gasteiger partial charge in [0, 0.05) is 0 Å². The van der Waals surface area contributed by atoms with Gasteiger partial charge < -0.3 is 13.9 Å². The van der Waals surface area contributed by atoms with E-state index in [-0.39, 0.29) is 35.4 Å². The van der Waals surface area contributed by atoms with Crippen molar-refractivity contribution in [3.05, 3.63) is 84.3 Å². The Balaban J connectivity index is 1.52. The van der Waals surface area contributed by atoms with Crippen LogP contribution in [0.2, 0.25) is 0 Å². The average molecular weight is 386 g/mol. The minimum Gasteiger partial charge on any atom is -0.490 e. The summed E-state index contributed by atoms with van der Waals surface area (Å²) in [6.45, 7) is 0.248. The van der Waals surface area contributed by atoms with Gasteiger partial charge in [0.1, 0.15) is 30.5 Å². The molecular formula is C20H18O6S. The van der Waals surface area contributed by atoms with Crippen LogP contribution in [-0.4, -0.2) is 27.6 Å². The first-order valence-electron chi connectivity index (χ1n) is 8.26. The Morgan fingerprint density at radius 3 is 2.22 bits per heavy atom. The Kier molecular flexibility index (Phi) is 5.93. The van der Waals surface area contributed by atoms with Gasteiger partial charge in [0.2, 0.25) is 5.76 Å². The summed E-state index contributed by atoms with van der Waals surface area (Å²) >= 11 is 0. The van der Waals surface area contributed by atoms with Crippen LogP contribution in [0.4, 0.5) is 0 Å². The number of ether oxygens (including phenoxy) is 2. The second kappa shape index (κ2) is 8.55. The molecule has 0 aliphatic heterocycles. The van der Waals surface area contributed by atoms with Gasteiger partial charge >= 0.3 is 5.97 Å². The minimum atomic E-state index is -3.54. The van der Waals surface area contributed by atoms with Gasteiger partial charge in [0.05, 0.1) is 4.90 Å². The smallest absolute Gasteiger partial charge is 0.374 e. The van der Waals surface area contributed by atoms with Gasteiger partial charge in [-0.25, -0.2) is 13.2 Å². The SMILES string of the molecule is O=C(OCCOc1ccccc1)c1ccc(CS(=O)(=O)c2ccccc2)o1. The summed E-state index contributed by atoms with van der Waals surface area (Å²) < 4.78 is 40.5. The molecule has 0 fully saturated rings. The van der Waals surface area contributed by atoms with Crippen molar-refractivity contribution in [3.8, 4) is 5.75 Å². The van der Waals surface area contributed by atoms with Crippen LogP contribution in [0, 0.1) is 0 Å². The van der Waals surface area contributed by atoms with E-state index in [9.17, 15) is 13.2 Å². The van der Waals surface area contributed by atoms with Crippen LogP contribution in [0.1, 0.15) is 16.3 Å². The number of hydrogen-bond donors (Lipinski definition) is 0. The maximum absolute atomic E-state index is 12.3. The number of furan rings is 1. The van der Waals surface area contributed by atoms with E-state index in [1.165, 1.54) is 24.3 Å². The fourth-order valence-corrected chi connectivity index (χ4v) is 3.61. The highest BCUT2D eigenvalue weighted by Gasteiger charge is 2.19. The molecule has 0 aliphatic rings. The highest BCUT2D eigenvalue weighted by atomic mass is 32.2. The lowest BCUT2D eigenvalue weighted by atomic mass is 10.3. The zero-order valence-electron chi connectivity index (χ0n) is 14.4. The van der Waals surface area contributed by atoms with Crippen LogP contribution in [0.25, 0.3) is 0 Å². The molecule has 1 heterocycles. The lowest BCUT2D eigenvalue weighted by Gasteiger charge is -2.06. The summed E-state index contributed by atoms with van der Waals surface area (Å²) in [5, 5.41) is 0. The van der Waals surface area contributed by atoms with Crippen molar-refractivity contribution in [2.75, 3.05) is 13.2 Å². The predicted octanol–water partition coefficient (Wildman–Crippen LogP) is 3.49. The molecule has 27 heavy (non-hydrogen) atoms. The van der Waals surface area contributed by atoms with Crippen molar-refractivity contribution in [2.24, 2.45) is 0 Å². The largest absolute Gasteiger partial charge is 0.490 e. The Morgan fingerprint density at radius 2 is 1.52 bits per heavy atom. The summed E-state index contributed by atoms with van der Waals surface area (Å²) in [7, 11) is -3.54. The third-order valence-electron chi connectivity index (χ3n) is 3.63. The molecule has 0 aliphatic carbocycles. The van der Waals surface area contributed by atoms with E-state index in [2.05, 4.69) is 0 Å². The van der Waals surface area contributed by atoms with Gasteiger partial charge in [-0.15, -0.1) is 0 Å². The highest BCUT2D eigenvalue weighted by Crippen LogP contribution is 2.18. The lowest BCUT2D eigenvalue weighted by Crippen LogP contribution is -2.11. The van der Waals surface area contributed by atoms with Gasteiger partial charge in [-0.1, -0.05) is 36.4 Å². The van der Waals surface area contributed by atoms with E-state index in [4.69, 9.17) is 13.9 Å². The number of rotatable bonds is 8. The Morgan fingerprint density at radius 1 is 0.852 bits per heavy atom. The fraction of sp³-hybridized carbons (Fsp3) is 0.150. The van der Waals surface area contributed by atoms with Crippen molar-refractivity contribution < 1.29 is 27.1 Å². The first-order valence-corrected chi connectivity index (χ1v) is 9.91. The Hall–Kier alpha value is -3.06. The summed E-state index contributed by atoms with van der Waals surface area (Å²) in [6, 6.07) is 20.1. The van der Waals surface area contributed by atoms with E-state index >= 15 is 0 Å². The molecule has 0 radical (unpaired) electrons. The monoisotopic (exact) mass is 386 g/mol. The third kappa shape index (κ3) is 5.21. The second-order valence-corrected chi connectivity index (χ2v) is 7.63.